The van der Waals surface area contributed by atoms with E-state index in [2.05, 4.69) is 66.4 Å². The van der Waals surface area contributed by atoms with Crippen LogP contribution in [0, 0.1) is 55.4 Å². The summed E-state index contributed by atoms with van der Waals surface area (Å²) in [5.74, 6) is 5.11. The van der Waals surface area contributed by atoms with Crippen molar-refractivity contribution in [3.63, 3.8) is 0 Å². The van der Waals surface area contributed by atoms with Gasteiger partial charge in [-0.05, 0) is 99.1 Å². The molecule has 10 aromatic rings. The van der Waals surface area contributed by atoms with Crippen molar-refractivity contribution in [1.82, 2.24) is 59.8 Å². The minimum absolute atomic E-state index is 0. The first-order valence-electron chi connectivity index (χ1n) is 23.2. The molecule has 0 amide bonds. The summed E-state index contributed by atoms with van der Waals surface area (Å²) < 4.78 is 25.9. The Labute approximate surface area is 503 Å². The van der Waals surface area contributed by atoms with Gasteiger partial charge in [-0.1, -0.05) is 29.3 Å². The van der Waals surface area contributed by atoms with Gasteiger partial charge in [0.25, 0.3) is 0 Å². The number of nitrogens with zero attached hydrogens (tertiary/aromatic N) is 10. The lowest BCUT2D eigenvalue weighted by Crippen LogP contribution is -2.06. The van der Waals surface area contributed by atoms with Crippen LogP contribution in [0.15, 0.2) is 45.7 Å². The van der Waals surface area contributed by atoms with Gasteiger partial charge in [0.15, 0.2) is 0 Å². The summed E-state index contributed by atoms with van der Waals surface area (Å²) in [6.45, 7) is 21.2. The van der Waals surface area contributed by atoms with Crippen molar-refractivity contribution in [3.8, 4) is 33.8 Å². The number of hydrogen-bond donors (Lipinski definition) is 3. The first kappa shape index (κ1) is 63.8. The fourth-order valence-corrected chi connectivity index (χ4v) is 33.5. The maximum absolute atomic E-state index is 6.33. The SMILES string of the molecule is C.CCn1ncc(C)c1Cc1nc(C)nc2[nH]c3cc(-c4c(C)noc4C)c(OC)cc3c12.CCn1ncc(C)c1N.COc1cc2c(cc1-c1c(C)noc1C)[nH]c1nc(C)nc(Cl)c12.S=S=S=S=S=S=S=S=S=S=S=S=S. The summed E-state index contributed by atoms with van der Waals surface area (Å²) in [5.41, 5.74) is 18.8. The molecule has 0 bridgehead atoms. The quantitative estimate of drug-likeness (QED) is 0.121. The van der Waals surface area contributed by atoms with E-state index >= 15 is 0 Å². The fourth-order valence-electron chi connectivity index (χ4n) is 8.51. The van der Waals surface area contributed by atoms with Crippen LogP contribution in [0.4, 0.5) is 5.82 Å². The van der Waals surface area contributed by atoms with Crippen LogP contribution >= 0.6 is 11.6 Å². The lowest BCUT2D eigenvalue weighted by molar-refractivity contribution is 0.393. The standard InChI is InChI=1S/C24H26N6O2.C17H15ClN4O2.C6H11N3.CH4.S13/c1-7-30-20(12(2)11-25-30)10-19-23-16-9-21(31-6)17(22-13(3)29-32-14(22)4)8-18(16)28-24(23)27-15(5)26-19;1-7-14(8(2)24-22-7)11-5-12-10(6-13(11)23-4)15-16(18)19-9(3)20-17(15)21-12;1-3-9-6(7)5(2)4-8-9;;1-3-5-7-9-11-13-12-10-8-6-4-2/h8-9,11H,7,10H2,1-6H3,(H,26,27,28);5-6H,1-4H3,(H,19,20,21);4H,3,7H2,1-2H3;1H4;. The molecule has 31 heteroatoms. The average molecular weight is 1330 g/mol. The monoisotopic (exact) mass is 1330 g/mol. The Hall–Kier alpha value is -4.41. The van der Waals surface area contributed by atoms with Gasteiger partial charge in [0.05, 0.1) is 60.2 Å². The van der Waals surface area contributed by atoms with Crippen molar-refractivity contribution in [2.75, 3.05) is 20.0 Å². The molecule has 0 saturated heterocycles. The van der Waals surface area contributed by atoms with Crippen LogP contribution in [-0.4, -0.2) is 74.0 Å². The summed E-state index contributed by atoms with van der Waals surface area (Å²) in [5, 5.41) is 20.8. The highest BCUT2D eigenvalue weighted by Crippen LogP contribution is 2.42. The normalized spacial score (nSPS) is 10.5. The number of fused-ring (bicyclic) bond motifs is 6. The number of anilines is 1. The van der Waals surface area contributed by atoms with E-state index in [1.807, 2.05) is 78.4 Å². The van der Waals surface area contributed by atoms with Crippen molar-refractivity contribution < 1.29 is 18.5 Å². The van der Waals surface area contributed by atoms with E-state index < -0.39 is 0 Å². The van der Waals surface area contributed by atoms with Gasteiger partial charge in [-0.15, -0.1) is 0 Å². The average Bonchev–Trinajstić information content (AvgIpc) is 4.38. The van der Waals surface area contributed by atoms with E-state index in [4.69, 9.17) is 68.2 Å². The van der Waals surface area contributed by atoms with Crippen molar-refractivity contribution >= 4 is 181 Å². The predicted molar refractivity (Wildman–Crippen MR) is 355 cm³/mol. The van der Waals surface area contributed by atoms with Crippen LogP contribution in [0.5, 0.6) is 11.5 Å². The zero-order valence-corrected chi connectivity index (χ0v) is 55.3. The number of H-pyrrole nitrogens is 2. The Morgan fingerprint density at radius 3 is 1.47 bits per heavy atom. The first-order valence-corrected chi connectivity index (χ1v) is 39.6. The Morgan fingerprint density at radius 1 is 0.608 bits per heavy atom. The van der Waals surface area contributed by atoms with Gasteiger partial charge >= 0.3 is 0 Å². The molecule has 0 saturated carbocycles. The van der Waals surface area contributed by atoms with Crippen LogP contribution in [0.1, 0.15) is 78.3 Å². The van der Waals surface area contributed by atoms with Gasteiger partial charge < -0.3 is 34.2 Å². The second-order valence-electron chi connectivity index (χ2n) is 16.6. The van der Waals surface area contributed by atoms with E-state index in [9.17, 15) is 0 Å². The van der Waals surface area contributed by atoms with E-state index in [0.29, 0.717) is 23.0 Å². The number of methoxy groups -OCH3 is 2. The van der Waals surface area contributed by atoms with E-state index in [0.717, 1.165) is 136 Å². The summed E-state index contributed by atoms with van der Waals surface area (Å²) >= 11 is 15.7. The van der Waals surface area contributed by atoms with Crippen LogP contribution < -0.4 is 15.2 Å². The third kappa shape index (κ3) is 15.2. The summed E-state index contributed by atoms with van der Waals surface area (Å²) in [4.78, 5) is 25.0. The van der Waals surface area contributed by atoms with E-state index in [-0.39, 0.29) is 7.43 Å². The molecule has 10 rings (SSSR count). The van der Waals surface area contributed by atoms with Gasteiger partial charge in [0, 0.05) is 189 Å². The number of aryl methyl sites for hydroxylation is 10. The van der Waals surface area contributed by atoms with E-state index in [1.165, 1.54) is 23.5 Å². The smallest absolute Gasteiger partial charge is 0.143 e. The second kappa shape index (κ2) is 30.1. The molecule has 0 aliphatic carbocycles. The molecule has 0 spiro atoms. The number of nitrogens with two attached hydrogens (primary N) is 1. The van der Waals surface area contributed by atoms with Gasteiger partial charge in [-0.25, -0.2) is 19.9 Å². The number of aromatic amines is 2. The minimum atomic E-state index is 0. The van der Waals surface area contributed by atoms with Gasteiger partial charge in [0.1, 0.15) is 56.9 Å². The molecule has 0 unspecified atom stereocenters. The Kier molecular flexibility index (Phi) is 24.3. The number of hydrogen-bond acceptors (Lipinski definition) is 15. The first-order chi connectivity index (χ1) is 37.6. The number of nitrogen functional groups attached to an aromatic ring is 1. The van der Waals surface area contributed by atoms with Crippen molar-refractivity contribution in [3.05, 3.63) is 98.9 Å². The highest BCUT2D eigenvalue weighted by molar-refractivity contribution is 8.75. The van der Waals surface area contributed by atoms with Crippen molar-refractivity contribution in [1.29, 1.82) is 0 Å². The molecule has 0 radical (unpaired) electrons. The van der Waals surface area contributed by atoms with E-state index in [1.54, 1.807) is 105 Å². The Bertz CT molecular complexity index is 4310. The third-order valence-electron chi connectivity index (χ3n) is 11.8. The topological polar surface area (TPSA) is 215 Å². The predicted octanol–water partition coefficient (Wildman–Crippen LogP) is 10.6. The minimum Gasteiger partial charge on any atom is -0.496 e. The number of nitrogens with one attached hydrogen (secondary N) is 2. The van der Waals surface area contributed by atoms with Crippen LogP contribution in [0.25, 0.3) is 66.1 Å². The highest BCUT2D eigenvalue weighted by Gasteiger charge is 2.23. The van der Waals surface area contributed by atoms with Gasteiger partial charge in [-0.2, -0.15) is 10.2 Å². The van der Waals surface area contributed by atoms with Crippen molar-refractivity contribution in [2.24, 2.45) is 0 Å². The molecule has 4 N–H and O–H groups in total. The zero-order chi connectivity index (χ0) is 56.2. The number of ether oxygens (including phenoxy) is 2. The molecular formula is C48H56ClN13O4S13. The third-order valence-corrected chi connectivity index (χ3v) is 34.3. The molecule has 8 heterocycles. The van der Waals surface area contributed by atoms with Crippen LogP contribution in [-0.2, 0) is 140 Å². The largest absolute Gasteiger partial charge is 0.496 e. The molecule has 422 valence electrons. The molecule has 0 atom stereocenters. The summed E-state index contributed by atoms with van der Waals surface area (Å²) in [7, 11) is 21.4. The number of aromatic nitrogens is 12. The van der Waals surface area contributed by atoms with Crippen LogP contribution in [0.2, 0.25) is 5.15 Å². The molecule has 8 aromatic heterocycles. The molecule has 0 aliphatic rings. The van der Waals surface area contributed by atoms with Crippen LogP contribution in [0.3, 0.4) is 0 Å². The lowest BCUT2D eigenvalue weighted by Gasteiger charge is -2.10. The molecule has 79 heavy (non-hydrogen) atoms. The maximum atomic E-state index is 6.33. The number of rotatable bonds is 8. The second-order valence-corrected chi connectivity index (χ2v) is 36.4. The van der Waals surface area contributed by atoms with Crippen molar-refractivity contribution in [2.45, 2.75) is 96.2 Å². The fraction of sp³-hybridized carbons (Fsp3) is 0.333. The Balaban J connectivity index is 0.000000188. The summed E-state index contributed by atoms with van der Waals surface area (Å²) in [6, 6.07) is 8.10. The molecule has 2 aromatic carbocycles. The maximum Gasteiger partial charge on any atom is 0.143 e. The van der Waals surface area contributed by atoms with Gasteiger partial charge in [0.2, 0.25) is 0 Å². The number of benzene rings is 2. The lowest BCUT2D eigenvalue weighted by atomic mass is 10.00. The summed E-state index contributed by atoms with van der Waals surface area (Å²) in [6.07, 6.45) is 4.37. The zero-order valence-electron chi connectivity index (χ0n) is 44.0. The number of halogens is 1. The van der Waals surface area contributed by atoms with Gasteiger partial charge in [-0.3, -0.25) is 9.36 Å². The Morgan fingerprint density at radius 2 is 1.05 bits per heavy atom. The molecule has 0 aliphatic heterocycles. The highest BCUT2D eigenvalue weighted by atomic mass is 35.5. The molecule has 17 nitrogen and oxygen atoms in total. The molecular weight excluding hydrogens is 1270 g/mol. The molecule has 0 fully saturated rings.